The third-order valence-corrected chi connectivity index (χ3v) is 4.73. The maximum absolute atomic E-state index is 12.6. The maximum Gasteiger partial charge on any atom is 0.337 e. The van der Waals surface area contributed by atoms with E-state index in [1.165, 1.54) is 7.11 Å². The van der Waals surface area contributed by atoms with Crippen molar-refractivity contribution in [3.8, 4) is 0 Å². The van der Waals surface area contributed by atoms with E-state index in [0.29, 0.717) is 17.8 Å². The number of ether oxygens (including phenoxy) is 1. The lowest BCUT2D eigenvalue weighted by molar-refractivity contribution is -0.122. The van der Waals surface area contributed by atoms with Gasteiger partial charge in [0.1, 0.15) is 0 Å². The summed E-state index contributed by atoms with van der Waals surface area (Å²) in [5.41, 5.74) is 2.95. The zero-order chi connectivity index (χ0) is 19.4. The van der Waals surface area contributed by atoms with Crippen molar-refractivity contribution in [3.63, 3.8) is 0 Å². The van der Waals surface area contributed by atoms with Crippen LogP contribution in [0.15, 0.2) is 48.5 Å². The third kappa shape index (κ3) is 4.00. The lowest BCUT2D eigenvalue weighted by atomic mass is 10.1. The molecule has 1 atom stereocenters. The molecule has 0 aromatic heterocycles. The third-order valence-electron chi connectivity index (χ3n) is 4.73. The minimum absolute atomic E-state index is 0.0444. The Morgan fingerprint density at radius 3 is 2.52 bits per heavy atom. The van der Waals surface area contributed by atoms with Crippen LogP contribution in [0.3, 0.4) is 0 Å². The lowest BCUT2D eigenvalue weighted by Crippen LogP contribution is -2.28. The summed E-state index contributed by atoms with van der Waals surface area (Å²) in [7, 11) is 1.32. The SMILES string of the molecule is CCc1ccccc1N1C[C@@H](C(=O)Nc2ccc(C(=O)OC)cc2)CC1=O. The van der Waals surface area contributed by atoms with Crippen molar-refractivity contribution in [1.29, 1.82) is 0 Å². The highest BCUT2D eigenvalue weighted by atomic mass is 16.5. The van der Waals surface area contributed by atoms with Crippen LogP contribution in [0.2, 0.25) is 0 Å². The van der Waals surface area contributed by atoms with Gasteiger partial charge in [-0.15, -0.1) is 0 Å². The van der Waals surface area contributed by atoms with Crippen LogP contribution in [0.5, 0.6) is 0 Å². The largest absolute Gasteiger partial charge is 0.465 e. The molecule has 3 rings (SSSR count). The molecule has 2 aromatic carbocycles. The van der Waals surface area contributed by atoms with Gasteiger partial charge in [0.25, 0.3) is 0 Å². The number of aryl methyl sites for hydroxylation is 1. The highest BCUT2D eigenvalue weighted by Crippen LogP contribution is 2.29. The molecule has 0 saturated carbocycles. The average molecular weight is 366 g/mol. The summed E-state index contributed by atoms with van der Waals surface area (Å²) in [5.74, 6) is -1.09. The van der Waals surface area contributed by atoms with Gasteiger partial charge in [-0.05, 0) is 42.3 Å². The van der Waals surface area contributed by atoms with Crippen LogP contribution < -0.4 is 10.2 Å². The molecule has 1 aliphatic heterocycles. The van der Waals surface area contributed by atoms with Gasteiger partial charge in [-0.2, -0.15) is 0 Å². The lowest BCUT2D eigenvalue weighted by Gasteiger charge is -2.20. The molecule has 1 saturated heterocycles. The van der Waals surface area contributed by atoms with Crippen LogP contribution >= 0.6 is 0 Å². The molecule has 2 amide bonds. The van der Waals surface area contributed by atoms with Crippen molar-refractivity contribution < 1.29 is 19.1 Å². The Bertz CT molecular complexity index is 861. The van der Waals surface area contributed by atoms with E-state index < -0.39 is 11.9 Å². The van der Waals surface area contributed by atoms with Gasteiger partial charge in [0.15, 0.2) is 0 Å². The fourth-order valence-corrected chi connectivity index (χ4v) is 3.24. The van der Waals surface area contributed by atoms with Crippen LogP contribution in [0.1, 0.15) is 29.3 Å². The summed E-state index contributed by atoms with van der Waals surface area (Å²) in [6.45, 7) is 2.41. The first-order valence-electron chi connectivity index (χ1n) is 8.91. The second-order valence-corrected chi connectivity index (χ2v) is 6.45. The summed E-state index contributed by atoms with van der Waals surface area (Å²) >= 11 is 0. The van der Waals surface area contributed by atoms with Crippen molar-refractivity contribution in [1.82, 2.24) is 0 Å². The van der Waals surface area contributed by atoms with E-state index >= 15 is 0 Å². The highest BCUT2D eigenvalue weighted by molar-refractivity contribution is 6.04. The number of carbonyl (C=O) groups is 3. The summed E-state index contributed by atoms with van der Waals surface area (Å²) in [5, 5.41) is 2.82. The Labute approximate surface area is 158 Å². The molecule has 27 heavy (non-hydrogen) atoms. The van der Waals surface area contributed by atoms with Crippen LogP contribution in [0, 0.1) is 5.92 Å². The summed E-state index contributed by atoms with van der Waals surface area (Å²) < 4.78 is 4.65. The summed E-state index contributed by atoms with van der Waals surface area (Å²) in [6, 6.07) is 14.2. The summed E-state index contributed by atoms with van der Waals surface area (Å²) in [4.78, 5) is 38.2. The number of nitrogens with one attached hydrogen (secondary N) is 1. The fraction of sp³-hybridized carbons (Fsp3) is 0.286. The average Bonchev–Trinajstić information content (AvgIpc) is 3.09. The molecule has 1 heterocycles. The molecule has 2 aromatic rings. The number of nitrogens with zero attached hydrogens (tertiary/aromatic N) is 1. The number of para-hydroxylation sites is 1. The molecular weight excluding hydrogens is 344 g/mol. The fourth-order valence-electron chi connectivity index (χ4n) is 3.24. The second kappa shape index (κ2) is 8.03. The van der Waals surface area contributed by atoms with E-state index in [0.717, 1.165) is 17.7 Å². The van der Waals surface area contributed by atoms with E-state index in [1.54, 1.807) is 29.2 Å². The standard InChI is InChI=1S/C21H22N2O4/c1-3-14-6-4-5-7-18(14)23-13-16(12-19(23)24)20(25)22-17-10-8-15(9-11-17)21(26)27-2/h4-11,16H,3,12-13H2,1-2H3,(H,22,25)/t16-/m0/s1. The molecular formula is C21H22N2O4. The van der Waals surface area contributed by atoms with Crippen molar-refractivity contribution in [2.24, 2.45) is 5.92 Å². The quantitative estimate of drug-likeness (QED) is 0.826. The Hall–Kier alpha value is -3.15. The predicted molar refractivity (Wildman–Crippen MR) is 103 cm³/mol. The first-order chi connectivity index (χ1) is 13.0. The minimum Gasteiger partial charge on any atom is -0.465 e. The van der Waals surface area contributed by atoms with Crippen molar-refractivity contribution in [2.75, 3.05) is 23.9 Å². The molecule has 0 aliphatic carbocycles. The van der Waals surface area contributed by atoms with Crippen molar-refractivity contribution in [2.45, 2.75) is 19.8 Å². The molecule has 1 aliphatic rings. The van der Waals surface area contributed by atoms with Gasteiger partial charge in [0.2, 0.25) is 11.8 Å². The van der Waals surface area contributed by atoms with Crippen molar-refractivity contribution in [3.05, 3.63) is 59.7 Å². The number of rotatable bonds is 5. The molecule has 6 nitrogen and oxygen atoms in total. The van der Waals surface area contributed by atoms with E-state index in [4.69, 9.17) is 0 Å². The topological polar surface area (TPSA) is 75.7 Å². The minimum atomic E-state index is -0.431. The Kier molecular flexibility index (Phi) is 5.54. The van der Waals surface area contributed by atoms with Gasteiger partial charge in [-0.3, -0.25) is 9.59 Å². The van der Waals surface area contributed by atoms with Crippen LogP contribution in [0.25, 0.3) is 0 Å². The van der Waals surface area contributed by atoms with Gasteiger partial charge >= 0.3 is 5.97 Å². The number of anilines is 2. The molecule has 0 unspecified atom stereocenters. The number of esters is 1. The molecule has 140 valence electrons. The smallest absolute Gasteiger partial charge is 0.337 e. The van der Waals surface area contributed by atoms with Gasteiger partial charge in [-0.25, -0.2) is 4.79 Å². The normalized spacial score (nSPS) is 16.3. The molecule has 1 N–H and O–H groups in total. The molecule has 6 heteroatoms. The van der Waals surface area contributed by atoms with Crippen LogP contribution in [-0.4, -0.2) is 31.4 Å². The number of hydrogen-bond acceptors (Lipinski definition) is 4. The van der Waals surface area contributed by atoms with Crippen LogP contribution in [-0.2, 0) is 20.7 Å². The maximum atomic E-state index is 12.6. The van der Waals surface area contributed by atoms with Crippen LogP contribution in [0.4, 0.5) is 11.4 Å². The predicted octanol–water partition coefficient (Wildman–Crippen LogP) is 3.03. The highest BCUT2D eigenvalue weighted by Gasteiger charge is 2.35. The molecule has 0 spiro atoms. The summed E-state index contributed by atoms with van der Waals surface area (Å²) in [6.07, 6.45) is 1.01. The Balaban J connectivity index is 1.68. The van der Waals surface area contributed by atoms with Crippen molar-refractivity contribution >= 4 is 29.2 Å². The van der Waals surface area contributed by atoms with Gasteiger partial charge < -0.3 is 15.0 Å². The number of methoxy groups -OCH3 is 1. The second-order valence-electron chi connectivity index (χ2n) is 6.45. The first kappa shape index (κ1) is 18.6. The van der Waals surface area contributed by atoms with Gasteiger partial charge in [0.05, 0.1) is 18.6 Å². The number of amides is 2. The number of hydrogen-bond donors (Lipinski definition) is 1. The van der Waals surface area contributed by atoms with Gasteiger partial charge in [-0.1, -0.05) is 25.1 Å². The van der Waals surface area contributed by atoms with E-state index in [2.05, 4.69) is 10.1 Å². The number of benzene rings is 2. The first-order valence-corrected chi connectivity index (χ1v) is 8.91. The monoisotopic (exact) mass is 366 g/mol. The zero-order valence-electron chi connectivity index (χ0n) is 15.4. The Morgan fingerprint density at radius 2 is 1.85 bits per heavy atom. The van der Waals surface area contributed by atoms with Gasteiger partial charge in [0, 0.05) is 24.3 Å². The number of carbonyl (C=O) groups excluding carboxylic acids is 3. The molecule has 0 bridgehead atoms. The van der Waals surface area contributed by atoms with E-state index in [1.807, 2.05) is 31.2 Å². The molecule has 0 radical (unpaired) electrons. The van der Waals surface area contributed by atoms with E-state index in [9.17, 15) is 14.4 Å². The Morgan fingerprint density at radius 1 is 1.15 bits per heavy atom. The van der Waals surface area contributed by atoms with E-state index in [-0.39, 0.29) is 18.2 Å². The zero-order valence-corrected chi connectivity index (χ0v) is 15.4. The molecule has 1 fully saturated rings.